The minimum absolute atomic E-state index is 0.0134. The minimum Gasteiger partial charge on any atom is -0.292 e. The van der Waals surface area contributed by atoms with Crippen LogP contribution in [0.5, 0.6) is 0 Å². The molecule has 0 atom stereocenters. The van der Waals surface area contributed by atoms with Crippen LogP contribution in [0, 0.1) is 17.1 Å². The summed E-state index contributed by atoms with van der Waals surface area (Å²) in [6.45, 7) is 0. The van der Waals surface area contributed by atoms with Gasteiger partial charge in [-0.2, -0.15) is 18.4 Å². The molecule has 0 saturated carbocycles. The van der Waals surface area contributed by atoms with Crippen molar-refractivity contribution in [2.45, 2.75) is 11.1 Å². The Balaban J connectivity index is 2.86. The fraction of sp³-hybridized carbons (Fsp3) is 0.214. The number of halogens is 4. The molecule has 0 amide bonds. The first-order valence-electron chi connectivity index (χ1n) is 6.30. The van der Waals surface area contributed by atoms with Crippen molar-refractivity contribution in [3.8, 4) is 11.8 Å². The number of hydrogen-bond donors (Lipinski definition) is 0. The van der Waals surface area contributed by atoms with Gasteiger partial charge in [0.25, 0.3) is 5.56 Å². The predicted molar refractivity (Wildman–Crippen MR) is 78.7 cm³/mol. The van der Waals surface area contributed by atoms with Crippen molar-refractivity contribution >= 4 is 11.8 Å². The third-order valence-corrected chi connectivity index (χ3v) is 4.02. The summed E-state index contributed by atoms with van der Waals surface area (Å²) in [7, 11) is 0.831. The average molecular weight is 359 g/mol. The molecule has 0 aliphatic rings. The maximum absolute atomic E-state index is 14.2. The topological polar surface area (TPSA) is 67.8 Å². The van der Waals surface area contributed by atoms with Gasteiger partial charge in [0.15, 0.2) is 0 Å². The quantitative estimate of drug-likeness (QED) is 0.610. The van der Waals surface area contributed by atoms with Gasteiger partial charge in [0.2, 0.25) is 0 Å². The van der Waals surface area contributed by atoms with Gasteiger partial charge < -0.3 is 0 Å². The van der Waals surface area contributed by atoms with E-state index >= 15 is 0 Å². The van der Waals surface area contributed by atoms with E-state index in [-0.39, 0.29) is 21.1 Å². The summed E-state index contributed by atoms with van der Waals surface area (Å²) in [6.07, 6.45) is -3.31. The van der Waals surface area contributed by atoms with Gasteiger partial charge in [0, 0.05) is 18.0 Å². The van der Waals surface area contributed by atoms with Crippen molar-refractivity contribution in [1.29, 1.82) is 5.26 Å². The standard InChI is InChI=1S/C14H9F4N3O2S/c1-20-11(14(16,17)18)5-12(22)21(13(20)23)9-4-10(24-2)7(6-19)3-8(9)15/h3-5H,1-2H3. The number of nitriles is 1. The largest absolute Gasteiger partial charge is 0.431 e. The van der Waals surface area contributed by atoms with Crippen molar-refractivity contribution in [2.24, 2.45) is 7.05 Å². The SMILES string of the molecule is CSc1cc(-n2c(=O)cc(C(F)(F)F)n(C)c2=O)c(F)cc1C#N. The lowest BCUT2D eigenvalue weighted by Crippen LogP contribution is -2.41. The van der Waals surface area contributed by atoms with Crippen LogP contribution in [0.3, 0.4) is 0 Å². The summed E-state index contributed by atoms with van der Waals surface area (Å²) >= 11 is 1.07. The van der Waals surface area contributed by atoms with Gasteiger partial charge in [-0.3, -0.25) is 9.36 Å². The third-order valence-electron chi connectivity index (χ3n) is 3.24. The molecule has 0 fully saturated rings. The first-order chi connectivity index (χ1) is 11.1. The number of nitrogens with zero attached hydrogens (tertiary/aromatic N) is 3. The Hall–Kier alpha value is -2.54. The van der Waals surface area contributed by atoms with Gasteiger partial charge >= 0.3 is 11.9 Å². The van der Waals surface area contributed by atoms with Crippen molar-refractivity contribution in [1.82, 2.24) is 9.13 Å². The molecule has 1 aromatic carbocycles. The molecule has 2 aromatic rings. The molecule has 24 heavy (non-hydrogen) atoms. The monoisotopic (exact) mass is 359 g/mol. The van der Waals surface area contributed by atoms with Crippen LogP contribution in [0.4, 0.5) is 17.6 Å². The first kappa shape index (κ1) is 17.8. The number of hydrogen-bond acceptors (Lipinski definition) is 4. The van der Waals surface area contributed by atoms with E-state index in [9.17, 15) is 27.2 Å². The minimum atomic E-state index is -4.90. The maximum atomic E-state index is 14.2. The molecule has 0 saturated heterocycles. The van der Waals surface area contributed by atoms with Crippen LogP contribution < -0.4 is 11.2 Å². The van der Waals surface area contributed by atoms with Crippen LogP contribution in [0.1, 0.15) is 11.3 Å². The molecule has 0 aliphatic heterocycles. The Bertz CT molecular complexity index is 970. The summed E-state index contributed by atoms with van der Waals surface area (Å²) in [5, 5.41) is 8.93. The van der Waals surface area contributed by atoms with Gasteiger partial charge in [-0.05, 0) is 18.4 Å². The lowest BCUT2D eigenvalue weighted by Gasteiger charge is -2.15. The van der Waals surface area contributed by atoms with E-state index < -0.39 is 34.6 Å². The van der Waals surface area contributed by atoms with E-state index in [0.717, 1.165) is 30.9 Å². The molecule has 0 radical (unpaired) electrons. The average Bonchev–Trinajstić information content (AvgIpc) is 2.50. The molecule has 0 aliphatic carbocycles. The zero-order chi connectivity index (χ0) is 18.2. The highest BCUT2D eigenvalue weighted by molar-refractivity contribution is 7.98. The van der Waals surface area contributed by atoms with Crippen LogP contribution in [0.25, 0.3) is 5.69 Å². The molecule has 0 unspecified atom stereocenters. The molecule has 10 heteroatoms. The molecule has 0 N–H and O–H groups in total. The summed E-state index contributed by atoms with van der Waals surface area (Å²) in [4.78, 5) is 24.4. The molecule has 1 heterocycles. The van der Waals surface area contributed by atoms with E-state index in [1.165, 1.54) is 0 Å². The highest BCUT2D eigenvalue weighted by atomic mass is 32.2. The molecular formula is C14H9F4N3O2S. The highest BCUT2D eigenvalue weighted by Crippen LogP contribution is 2.28. The predicted octanol–water partition coefficient (Wildman–Crippen LogP) is 2.29. The van der Waals surface area contributed by atoms with Crippen LogP contribution in [-0.4, -0.2) is 15.4 Å². The normalized spacial score (nSPS) is 11.4. The summed E-state index contributed by atoms with van der Waals surface area (Å²) in [5.41, 5.74) is -4.63. The second-order valence-corrected chi connectivity index (χ2v) is 5.51. The van der Waals surface area contributed by atoms with E-state index in [2.05, 4.69) is 0 Å². The van der Waals surface area contributed by atoms with Crippen LogP contribution >= 0.6 is 11.8 Å². The van der Waals surface area contributed by atoms with Gasteiger partial charge in [0.05, 0.1) is 11.3 Å². The third kappa shape index (κ3) is 2.94. The fourth-order valence-electron chi connectivity index (χ4n) is 2.09. The number of benzene rings is 1. The van der Waals surface area contributed by atoms with E-state index in [4.69, 9.17) is 5.26 Å². The van der Waals surface area contributed by atoms with Gasteiger partial charge in [-0.15, -0.1) is 11.8 Å². The molecule has 0 bridgehead atoms. The fourth-order valence-corrected chi connectivity index (χ4v) is 2.64. The van der Waals surface area contributed by atoms with Gasteiger partial charge in [-0.25, -0.2) is 13.8 Å². The Kier molecular flexibility index (Phi) is 4.57. The number of thioether (sulfide) groups is 1. The van der Waals surface area contributed by atoms with Crippen molar-refractivity contribution in [3.05, 3.63) is 56.1 Å². The van der Waals surface area contributed by atoms with E-state index in [0.29, 0.717) is 4.57 Å². The maximum Gasteiger partial charge on any atom is 0.431 e. The number of rotatable bonds is 2. The zero-order valence-electron chi connectivity index (χ0n) is 12.3. The van der Waals surface area contributed by atoms with Crippen molar-refractivity contribution in [2.75, 3.05) is 6.26 Å². The van der Waals surface area contributed by atoms with Crippen LogP contribution in [-0.2, 0) is 13.2 Å². The Labute approximate surface area is 136 Å². The van der Waals surface area contributed by atoms with E-state index in [1.807, 2.05) is 0 Å². The smallest absolute Gasteiger partial charge is 0.292 e. The lowest BCUT2D eigenvalue weighted by atomic mass is 10.2. The Morgan fingerprint density at radius 1 is 1.21 bits per heavy atom. The van der Waals surface area contributed by atoms with Crippen molar-refractivity contribution in [3.63, 3.8) is 0 Å². The second kappa shape index (κ2) is 6.16. The molecule has 1 aromatic heterocycles. The molecule has 0 spiro atoms. The van der Waals surface area contributed by atoms with E-state index in [1.54, 1.807) is 12.3 Å². The molecular weight excluding hydrogens is 350 g/mol. The second-order valence-electron chi connectivity index (χ2n) is 4.66. The van der Waals surface area contributed by atoms with Crippen LogP contribution in [0.2, 0.25) is 0 Å². The molecule has 126 valence electrons. The Morgan fingerprint density at radius 3 is 2.33 bits per heavy atom. The van der Waals surface area contributed by atoms with Crippen molar-refractivity contribution < 1.29 is 17.6 Å². The summed E-state index contributed by atoms with van der Waals surface area (Å²) < 4.78 is 53.1. The zero-order valence-corrected chi connectivity index (χ0v) is 13.1. The molecule has 5 nitrogen and oxygen atoms in total. The summed E-state index contributed by atoms with van der Waals surface area (Å²) in [6, 6.07) is 3.88. The lowest BCUT2D eigenvalue weighted by molar-refractivity contribution is -0.144. The number of alkyl halides is 3. The van der Waals surface area contributed by atoms with Crippen LogP contribution in [0.15, 0.2) is 32.7 Å². The Morgan fingerprint density at radius 2 is 1.83 bits per heavy atom. The summed E-state index contributed by atoms with van der Waals surface area (Å²) in [5.74, 6) is -1.07. The molecule has 2 rings (SSSR count). The van der Waals surface area contributed by atoms with Gasteiger partial charge in [0.1, 0.15) is 17.6 Å². The van der Waals surface area contributed by atoms with Gasteiger partial charge in [-0.1, -0.05) is 0 Å². The highest BCUT2D eigenvalue weighted by Gasteiger charge is 2.35. The number of aromatic nitrogens is 2. The first-order valence-corrected chi connectivity index (χ1v) is 7.52.